The zero-order valence-corrected chi connectivity index (χ0v) is 16.8. The molecule has 0 aliphatic carbocycles. The van der Waals surface area contributed by atoms with Crippen LogP contribution in [0.2, 0.25) is 10.0 Å². The molecule has 4 nitrogen and oxygen atoms in total. The van der Waals surface area contributed by atoms with Crippen molar-refractivity contribution in [2.24, 2.45) is 0 Å². The number of carbonyl (C=O) groups excluding carboxylic acids is 1. The number of aromatic nitrogens is 1. The molecule has 1 aliphatic rings. The van der Waals surface area contributed by atoms with E-state index in [4.69, 9.17) is 27.9 Å². The maximum atomic E-state index is 13.0. The summed E-state index contributed by atoms with van der Waals surface area (Å²) in [5, 5.41) is 6.14. The first-order valence-electron chi connectivity index (χ1n) is 9.24. The van der Waals surface area contributed by atoms with Crippen molar-refractivity contribution in [2.45, 2.75) is 18.3 Å². The predicted molar refractivity (Wildman–Crippen MR) is 112 cm³/mol. The molecule has 0 unspecified atom stereocenters. The van der Waals surface area contributed by atoms with Crippen molar-refractivity contribution in [1.29, 1.82) is 0 Å². The lowest BCUT2D eigenvalue weighted by Crippen LogP contribution is -2.45. The van der Waals surface area contributed by atoms with E-state index in [1.807, 2.05) is 42.5 Å². The summed E-state index contributed by atoms with van der Waals surface area (Å²) in [5.74, 6) is -0.187. The summed E-state index contributed by atoms with van der Waals surface area (Å²) in [5.41, 5.74) is 1.13. The number of carbonyl (C=O) groups is 1. The number of fused-ring (bicyclic) bond motifs is 1. The molecule has 0 radical (unpaired) electrons. The van der Waals surface area contributed by atoms with E-state index in [2.05, 4.69) is 10.3 Å². The van der Waals surface area contributed by atoms with Crippen LogP contribution in [0.25, 0.3) is 10.8 Å². The number of rotatable bonds is 4. The average molecular weight is 415 g/mol. The zero-order valence-electron chi connectivity index (χ0n) is 15.3. The molecule has 1 aromatic heterocycles. The molecule has 2 aromatic carbocycles. The summed E-state index contributed by atoms with van der Waals surface area (Å²) < 4.78 is 5.56. The molecule has 0 bridgehead atoms. The summed E-state index contributed by atoms with van der Waals surface area (Å²) in [6.07, 6.45) is 3.22. The van der Waals surface area contributed by atoms with E-state index in [9.17, 15) is 4.79 Å². The molecule has 1 aliphatic heterocycles. The summed E-state index contributed by atoms with van der Waals surface area (Å²) in [7, 11) is 0. The van der Waals surface area contributed by atoms with Crippen molar-refractivity contribution in [1.82, 2.24) is 10.3 Å². The number of benzene rings is 2. The van der Waals surface area contributed by atoms with Crippen LogP contribution in [0, 0.1) is 0 Å². The van der Waals surface area contributed by atoms with Gasteiger partial charge >= 0.3 is 0 Å². The highest BCUT2D eigenvalue weighted by Crippen LogP contribution is 2.39. The van der Waals surface area contributed by atoms with Gasteiger partial charge in [0.25, 0.3) is 5.91 Å². The minimum Gasteiger partial charge on any atom is -0.381 e. The molecule has 4 rings (SSSR count). The molecule has 0 saturated carbocycles. The lowest BCUT2D eigenvalue weighted by Gasteiger charge is -2.38. The van der Waals surface area contributed by atoms with Crippen LogP contribution in [0.15, 0.2) is 54.7 Å². The Kier molecular flexibility index (Phi) is 5.54. The lowest BCUT2D eigenvalue weighted by atomic mass is 9.74. The highest BCUT2D eigenvalue weighted by atomic mass is 35.5. The fraction of sp³-hybridized carbons (Fsp3) is 0.273. The molecule has 6 heteroatoms. The standard InChI is InChI=1S/C22H20Cl2N2O2/c23-16-5-6-18(19(24)13-16)22(8-11-28-12-9-22)14-26-21(27)20-17-4-2-1-3-15(17)7-10-25-20/h1-7,10,13H,8-9,11-12,14H2,(H,26,27). The monoisotopic (exact) mass is 414 g/mol. The summed E-state index contributed by atoms with van der Waals surface area (Å²) in [4.78, 5) is 17.3. The fourth-order valence-electron chi connectivity index (χ4n) is 3.86. The Bertz CT molecular complexity index is 1010. The van der Waals surface area contributed by atoms with Gasteiger partial charge in [0.15, 0.2) is 0 Å². The van der Waals surface area contributed by atoms with Crippen LogP contribution in [0.3, 0.4) is 0 Å². The van der Waals surface area contributed by atoms with Gasteiger partial charge in [0.2, 0.25) is 0 Å². The molecular formula is C22H20Cl2N2O2. The van der Waals surface area contributed by atoms with E-state index in [-0.39, 0.29) is 11.3 Å². The first-order chi connectivity index (χ1) is 13.6. The second kappa shape index (κ2) is 8.08. The second-order valence-electron chi connectivity index (χ2n) is 7.08. The van der Waals surface area contributed by atoms with Crippen molar-refractivity contribution in [2.75, 3.05) is 19.8 Å². The molecule has 1 saturated heterocycles. The smallest absolute Gasteiger partial charge is 0.270 e. The maximum Gasteiger partial charge on any atom is 0.270 e. The molecule has 0 spiro atoms. The van der Waals surface area contributed by atoms with Crippen LogP contribution in [-0.4, -0.2) is 30.6 Å². The van der Waals surface area contributed by atoms with Gasteiger partial charge in [0.1, 0.15) is 5.69 Å². The summed E-state index contributed by atoms with van der Waals surface area (Å²) in [6, 6.07) is 15.2. The number of nitrogens with one attached hydrogen (secondary N) is 1. The van der Waals surface area contributed by atoms with Gasteiger partial charge in [-0.05, 0) is 42.0 Å². The van der Waals surface area contributed by atoms with Crippen LogP contribution in [0.1, 0.15) is 28.9 Å². The van der Waals surface area contributed by atoms with Crippen molar-refractivity contribution in [3.05, 3.63) is 76.0 Å². The minimum absolute atomic E-state index is 0.187. The molecule has 1 amide bonds. The normalized spacial score (nSPS) is 16.1. The first kappa shape index (κ1) is 19.2. The van der Waals surface area contributed by atoms with Crippen molar-refractivity contribution in [3.63, 3.8) is 0 Å². The number of hydrogen-bond acceptors (Lipinski definition) is 3. The van der Waals surface area contributed by atoms with Gasteiger partial charge in [-0.1, -0.05) is 53.5 Å². The number of ether oxygens (including phenoxy) is 1. The molecule has 1 N–H and O–H groups in total. The first-order valence-corrected chi connectivity index (χ1v) is 10.00. The van der Waals surface area contributed by atoms with E-state index >= 15 is 0 Å². The third-order valence-corrected chi connectivity index (χ3v) is 5.98. The highest BCUT2D eigenvalue weighted by Gasteiger charge is 2.36. The summed E-state index contributed by atoms with van der Waals surface area (Å²) in [6.45, 7) is 1.71. The number of nitrogens with zero attached hydrogens (tertiary/aromatic N) is 1. The van der Waals surface area contributed by atoms with Gasteiger partial charge in [0.05, 0.1) is 0 Å². The Morgan fingerprint density at radius 2 is 1.89 bits per heavy atom. The third-order valence-electron chi connectivity index (χ3n) is 5.43. The van der Waals surface area contributed by atoms with E-state index in [0.717, 1.165) is 29.2 Å². The van der Waals surface area contributed by atoms with E-state index < -0.39 is 0 Å². The van der Waals surface area contributed by atoms with Gasteiger partial charge in [-0.2, -0.15) is 0 Å². The van der Waals surface area contributed by atoms with Crippen molar-refractivity contribution in [3.8, 4) is 0 Å². The van der Waals surface area contributed by atoms with Crippen molar-refractivity contribution >= 4 is 39.9 Å². The molecular weight excluding hydrogens is 395 g/mol. The quantitative estimate of drug-likeness (QED) is 0.651. The number of halogens is 2. The molecule has 144 valence electrons. The van der Waals surface area contributed by atoms with Crippen LogP contribution in [0.4, 0.5) is 0 Å². The fourth-order valence-corrected chi connectivity index (χ4v) is 4.47. The Morgan fingerprint density at radius 3 is 2.68 bits per heavy atom. The van der Waals surface area contributed by atoms with Crippen LogP contribution in [-0.2, 0) is 10.2 Å². The Labute approximate surface area is 173 Å². The summed E-state index contributed by atoms with van der Waals surface area (Å²) >= 11 is 12.6. The number of pyridine rings is 1. The van der Waals surface area contributed by atoms with Crippen LogP contribution in [0.5, 0.6) is 0 Å². The largest absolute Gasteiger partial charge is 0.381 e. The molecule has 1 fully saturated rings. The molecule has 28 heavy (non-hydrogen) atoms. The molecule has 2 heterocycles. The van der Waals surface area contributed by atoms with E-state index in [0.29, 0.717) is 35.5 Å². The number of amides is 1. The van der Waals surface area contributed by atoms with Crippen LogP contribution < -0.4 is 5.32 Å². The topological polar surface area (TPSA) is 51.2 Å². The Morgan fingerprint density at radius 1 is 1.11 bits per heavy atom. The predicted octanol–water partition coefficient (Wildman–Crippen LogP) is 5.02. The highest BCUT2D eigenvalue weighted by molar-refractivity contribution is 6.35. The second-order valence-corrected chi connectivity index (χ2v) is 7.92. The third kappa shape index (κ3) is 3.72. The van der Waals surface area contributed by atoms with Gasteiger partial charge in [-0.3, -0.25) is 9.78 Å². The molecule has 3 aromatic rings. The lowest BCUT2D eigenvalue weighted by molar-refractivity contribution is 0.0487. The van der Waals surface area contributed by atoms with Gasteiger partial charge in [-0.15, -0.1) is 0 Å². The van der Waals surface area contributed by atoms with Crippen molar-refractivity contribution < 1.29 is 9.53 Å². The Balaban J connectivity index is 1.62. The zero-order chi connectivity index (χ0) is 19.6. The average Bonchev–Trinajstić information content (AvgIpc) is 2.72. The van der Waals surface area contributed by atoms with Crippen LogP contribution >= 0.6 is 23.2 Å². The Hall–Kier alpha value is -2.14. The van der Waals surface area contributed by atoms with E-state index in [1.165, 1.54) is 0 Å². The molecule has 0 atom stereocenters. The SMILES string of the molecule is O=C(NCC1(c2ccc(Cl)cc2Cl)CCOCC1)c1nccc2ccccc12. The number of hydrogen-bond donors (Lipinski definition) is 1. The van der Waals surface area contributed by atoms with Gasteiger partial charge in [-0.25, -0.2) is 0 Å². The van der Waals surface area contributed by atoms with E-state index in [1.54, 1.807) is 12.3 Å². The van der Waals surface area contributed by atoms with Gasteiger partial charge in [0, 0.05) is 46.8 Å². The van der Waals surface area contributed by atoms with Gasteiger partial charge < -0.3 is 10.1 Å². The minimum atomic E-state index is -0.292. The maximum absolute atomic E-state index is 13.0.